The molecule has 0 spiro atoms. The normalized spacial score (nSPS) is 10.4. The summed E-state index contributed by atoms with van der Waals surface area (Å²) in [5.41, 5.74) is 7.23. The van der Waals surface area contributed by atoms with Gasteiger partial charge in [-0.15, -0.1) is 0 Å². The first-order valence-corrected chi connectivity index (χ1v) is 5.02. The molecule has 0 radical (unpaired) electrons. The van der Waals surface area contributed by atoms with E-state index in [1.54, 1.807) is 16.9 Å². The molecule has 0 aliphatic heterocycles. The van der Waals surface area contributed by atoms with E-state index in [4.69, 9.17) is 10.5 Å². The zero-order valence-electron chi connectivity index (χ0n) is 9.34. The van der Waals surface area contributed by atoms with Crippen LogP contribution in [-0.2, 0) is 13.6 Å². The zero-order valence-corrected chi connectivity index (χ0v) is 9.34. The van der Waals surface area contributed by atoms with Gasteiger partial charge in [0.15, 0.2) is 0 Å². The summed E-state index contributed by atoms with van der Waals surface area (Å²) in [6, 6.07) is 5.49. The fourth-order valence-electron chi connectivity index (χ4n) is 1.43. The molecule has 2 aromatic heterocycles. The number of aryl methyl sites for hydroxylation is 2. The van der Waals surface area contributed by atoms with E-state index in [1.165, 1.54) is 0 Å². The van der Waals surface area contributed by atoms with Crippen LogP contribution < -0.4 is 10.5 Å². The van der Waals surface area contributed by atoms with Crippen molar-refractivity contribution in [1.82, 2.24) is 14.8 Å². The van der Waals surface area contributed by atoms with Crippen molar-refractivity contribution in [3.63, 3.8) is 0 Å². The Hall–Kier alpha value is -1.88. The van der Waals surface area contributed by atoms with E-state index in [1.807, 2.05) is 26.1 Å². The lowest BCUT2D eigenvalue weighted by Gasteiger charge is -2.05. The molecule has 2 aromatic rings. The molecule has 0 atom stereocenters. The monoisotopic (exact) mass is 218 g/mol. The molecule has 2 N–H and O–H groups in total. The summed E-state index contributed by atoms with van der Waals surface area (Å²) in [4.78, 5) is 4.10. The predicted molar refractivity (Wildman–Crippen MR) is 60.1 cm³/mol. The van der Waals surface area contributed by atoms with Gasteiger partial charge in [-0.3, -0.25) is 4.98 Å². The van der Waals surface area contributed by atoms with Crippen LogP contribution in [0.25, 0.3) is 0 Å². The van der Waals surface area contributed by atoms with Gasteiger partial charge < -0.3 is 10.5 Å². The Labute approximate surface area is 93.9 Å². The average molecular weight is 218 g/mol. The van der Waals surface area contributed by atoms with Gasteiger partial charge in [-0.05, 0) is 13.0 Å². The molecule has 0 saturated carbocycles. The Balaban J connectivity index is 2.23. The first-order chi connectivity index (χ1) is 7.69. The fourth-order valence-corrected chi connectivity index (χ4v) is 1.43. The molecule has 0 saturated heterocycles. The largest absolute Gasteiger partial charge is 0.439 e. The highest BCUT2D eigenvalue weighted by atomic mass is 16.5. The van der Waals surface area contributed by atoms with Crippen LogP contribution in [0.2, 0.25) is 0 Å². The van der Waals surface area contributed by atoms with Gasteiger partial charge in [-0.1, -0.05) is 0 Å². The van der Waals surface area contributed by atoms with Crippen molar-refractivity contribution in [2.24, 2.45) is 12.8 Å². The minimum absolute atomic E-state index is 0.404. The van der Waals surface area contributed by atoms with Crippen molar-refractivity contribution in [3.8, 4) is 11.6 Å². The molecule has 84 valence electrons. The highest BCUT2D eigenvalue weighted by Gasteiger charge is 2.04. The smallest absolute Gasteiger partial charge is 0.217 e. The van der Waals surface area contributed by atoms with E-state index in [0.717, 1.165) is 17.1 Å². The maximum absolute atomic E-state index is 5.68. The van der Waals surface area contributed by atoms with Crippen molar-refractivity contribution in [1.29, 1.82) is 0 Å². The fraction of sp³-hybridized carbons (Fsp3) is 0.273. The average Bonchev–Trinajstić information content (AvgIpc) is 2.58. The number of nitrogens with two attached hydrogens (primary N) is 1. The number of nitrogens with zero attached hydrogens (tertiary/aromatic N) is 3. The van der Waals surface area contributed by atoms with Gasteiger partial charge in [-0.2, -0.15) is 5.10 Å². The lowest BCUT2D eigenvalue weighted by atomic mass is 10.3. The predicted octanol–water partition coefficient (Wildman–Crippen LogP) is 1.37. The van der Waals surface area contributed by atoms with E-state index in [-0.39, 0.29) is 0 Å². The molecular formula is C11H14N4O. The van der Waals surface area contributed by atoms with Crippen LogP contribution in [0.15, 0.2) is 24.4 Å². The summed E-state index contributed by atoms with van der Waals surface area (Å²) >= 11 is 0. The van der Waals surface area contributed by atoms with Crippen LogP contribution in [0.5, 0.6) is 11.6 Å². The zero-order chi connectivity index (χ0) is 11.5. The van der Waals surface area contributed by atoms with Gasteiger partial charge in [-0.25, -0.2) is 4.68 Å². The number of hydrogen-bond acceptors (Lipinski definition) is 4. The van der Waals surface area contributed by atoms with Crippen LogP contribution in [0.1, 0.15) is 11.4 Å². The van der Waals surface area contributed by atoms with Crippen molar-refractivity contribution in [2.45, 2.75) is 13.5 Å². The van der Waals surface area contributed by atoms with E-state index < -0.39 is 0 Å². The van der Waals surface area contributed by atoms with Crippen LogP contribution in [0, 0.1) is 6.92 Å². The third-order valence-electron chi connectivity index (χ3n) is 2.18. The number of pyridine rings is 1. The molecular weight excluding hydrogens is 204 g/mol. The van der Waals surface area contributed by atoms with Crippen LogP contribution in [0.3, 0.4) is 0 Å². The minimum Gasteiger partial charge on any atom is -0.439 e. The van der Waals surface area contributed by atoms with Crippen molar-refractivity contribution >= 4 is 0 Å². The Morgan fingerprint density at radius 2 is 2.25 bits per heavy atom. The molecule has 2 heterocycles. The highest BCUT2D eigenvalue weighted by Crippen LogP contribution is 2.21. The Kier molecular flexibility index (Phi) is 2.87. The van der Waals surface area contributed by atoms with Gasteiger partial charge in [0, 0.05) is 31.9 Å². The number of hydrogen-bond donors (Lipinski definition) is 1. The molecule has 0 aliphatic carbocycles. The minimum atomic E-state index is 0.404. The molecule has 5 nitrogen and oxygen atoms in total. The van der Waals surface area contributed by atoms with Crippen LogP contribution in [0.4, 0.5) is 0 Å². The van der Waals surface area contributed by atoms with Gasteiger partial charge in [0.1, 0.15) is 5.75 Å². The van der Waals surface area contributed by atoms with E-state index >= 15 is 0 Å². The number of aromatic nitrogens is 3. The summed E-state index contributed by atoms with van der Waals surface area (Å²) in [6.45, 7) is 2.33. The Bertz CT molecular complexity index is 492. The van der Waals surface area contributed by atoms with Gasteiger partial charge in [0.2, 0.25) is 5.88 Å². The maximum atomic E-state index is 5.68. The lowest BCUT2D eigenvalue weighted by molar-refractivity contribution is 0.429. The molecule has 5 heteroatoms. The number of rotatable bonds is 3. The van der Waals surface area contributed by atoms with Crippen molar-refractivity contribution in [2.75, 3.05) is 0 Å². The molecule has 0 fully saturated rings. The van der Waals surface area contributed by atoms with E-state index in [0.29, 0.717) is 12.4 Å². The third-order valence-corrected chi connectivity index (χ3v) is 2.18. The topological polar surface area (TPSA) is 66.0 Å². The molecule has 0 aliphatic rings. The van der Waals surface area contributed by atoms with E-state index in [2.05, 4.69) is 10.1 Å². The molecule has 2 rings (SSSR count). The molecule has 16 heavy (non-hydrogen) atoms. The highest BCUT2D eigenvalue weighted by molar-refractivity contribution is 5.28. The standard InChI is InChI=1S/C11H14N4O/c1-8-5-11(15(2)14-8)16-10-3-4-13-9(6-10)7-12/h3-6H,7,12H2,1-2H3. The Morgan fingerprint density at radius 3 is 2.88 bits per heavy atom. The molecule has 0 aromatic carbocycles. The van der Waals surface area contributed by atoms with Gasteiger partial charge >= 0.3 is 0 Å². The summed E-state index contributed by atoms with van der Waals surface area (Å²) < 4.78 is 7.37. The van der Waals surface area contributed by atoms with Gasteiger partial charge in [0.05, 0.1) is 11.4 Å². The van der Waals surface area contributed by atoms with Crippen LogP contribution in [-0.4, -0.2) is 14.8 Å². The summed E-state index contributed by atoms with van der Waals surface area (Å²) in [5.74, 6) is 1.42. The maximum Gasteiger partial charge on any atom is 0.217 e. The first-order valence-electron chi connectivity index (χ1n) is 5.02. The van der Waals surface area contributed by atoms with Crippen LogP contribution >= 0.6 is 0 Å². The Morgan fingerprint density at radius 1 is 1.44 bits per heavy atom. The summed E-state index contributed by atoms with van der Waals surface area (Å²) in [7, 11) is 1.84. The first kappa shape index (κ1) is 10.6. The molecule has 0 amide bonds. The second-order valence-corrected chi connectivity index (χ2v) is 3.54. The van der Waals surface area contributed by atoms with Crippen molar-refractivity contribution < 1.29 is 4.74 Å². The number of ether oxygens (including phenoxy) is 1. The summed E-state index contributed by atoms with van der Waals surface area (Å²) in [5, 5.41) is 4.20. The molecule has 0 bridgehead atoms. The SMILES string of the molecule is Cc1cc(Oc2ccnc(CN)c2)n(C)n1. The third kappa shape index (κ3) is 2.20. The van der Waals surface area contributed by atoms with Gasteiger partial charge in [0.25, 0.3) is 0 Å². The van der Waals surface area contributed by atoms with E-state index in [9.17, 15) is 0 Å². The molecule has 0 unspecified atom stereocenters. The quantitative estimate of drug-likeness (QED) is 0.845. The second-order valence-electron chi connectivity index (χ2n) is 3.54. The van der Waals surface area contributed by atoms with Crippen molar-refractivity contribution in [3.05, 3.63) is 35.8 Å². The lowest BCUT2D eigenvalue weighted by Crippen LogP contribution is -2.00. The summed E-state index contributed by atoms with van der Waals surface area (Å²) in [6.07, 6.45) is 1.68. The second kappa shape index (κ2) is 4.32.